The molecule has 3 fully saturated rings. The summed E-state index contributed by atoms with van der Waals surface area (Å²) in [4.78, 5) is 2.67. The van der Waals surface area contributed by atoms with Gasteiger partial charge in [0.05, 0.1) is 0 Å². The lowest BCUT2D eigenvalue weighted by atomic mass is 9.42. The zero-order chi connectivity index (χ0) is 23.7. The van der Waals surface area contributed by atoms with E-state index >= 15 is 0 Å². The van der Waals surface area contributed by atoms with Crippen molar-refractivity contribution in [2.75, 3.05) is 26.7 Å². The summed E-state index contributed by atoms with van der Waals surface area (Å²) in [6.45, 7) is 25.9. The molecule has 3 aliphatic rings. The molecule has 2 heteroatoms. The topological polar surface area (TPSA) is 25.2 Å². The maximum atomic E-state index is 4.54. The number of nitrogens with zero attached hydrogens (tertiary/aromatic N) is 1. The molecule has 0 aromatic heterocycles. The number of hydrogen-bond donors (Lipinski definition) is 1. The molecule has 2 nitrogen and oxygen atoms in total. The Bertz CT molecular complexity index is 618. The Hall–Kier alpha value is -0.340. The van der Waals surface area contributed by atoms with E-state index in [0.717, 1.165) is 41.5 Å². The quantitative estimate of drug-likeness (QED) is 0.311. The van der Waals surface area contributed by atoms with Crippen LogP contribution in [0, 0.1) is 46.3 Å². The third-order valence-corrected chi connectivity index (χ3v) is 10.5. The standard InChI is InChI=1S/C30H56N2/c1-10-14-29(7,8)26-17-23(11-2)13-16-32(9)20-24(28-19-31-28)18-27(26)30(22(5)6)15-12-25(30)21(3)4/h22-28,31H,3,10-20H2,1-2,4-9H3/t23?,24?,25?,26-,27?,28?,30?/m1/s1. The van der Waals surface area contributed by atoms with Crippen LogP contribution in [0.5, 0.6) is 0 Å². The fourth-order valence-electron chi connectivity index (χ4n) is 8.34. The second-order valence-electron chi connectivity index (χ2n) is 13.2. The van der Waals surface area contributed by atoms with E-state index in [-0.39, 0.29) is 0 Å². The smallest absolute Gasteiger partial charge is 0.0233 e. The number of hydrogen-bond acceptors (Lipinski definition) is 2. The molecule has 3 rings (SSSR count). The van der Waals surface area contributed by atoms with Crippen molar-refractivity contribution >= 4 is 0 Å². The second kappa shape index (κ2) is 10.5. The van der Waals surface area contributed by atoms with Crippen LogP contribution >= 0.6 is 0 Å². The SMILES string of the molecule is C=C(C)C1CCC1(C(C)C)C1CC(C2CN2)CN(C)CCC(CC)C[C@H]1C(C)(C)CCC. The van der Waals surface area contributed by atoms with Gasteiger partial charge in [-0.05, 0) is 105 Å². The summed E-state index contributed by atoms with van der Waals surface area (Å²) < 4.78 is 0. The van der Waals surface area contributed by atoms with Crippen LogP contribution in [0.25, 0.3) is 0 Å². The van der Waals surface area contributed by atoms with Crippen LogP contribution in [0.4, 0.5) is 0 Å². The molecule has 0 aromatic carbocycles. The highest BCUT2D eigenvalue weighted by atomic mass is 15.1. The summed E-state index contributed by atoms with van der Waals surface area (Å²) in [5, 5.41) is 3.73. The molecule has 0 amide bonds. The first kappa shape index (κ1) is 26.3. The van der Waals surface area contributed by atoms with Gasteiger partial charge in [0.15, 0.2) is 0 Å². The Labute approximate surface area is 201 Å². The number of allylic oxidation sites excluding steroid dienone is 1. The number of nitrogens with one attached hydrogen (secondary N) is 1. The van der Waals surface area contributed by atoms with Gasteiger partial charge in [0.1, 0.15) is 0 Å². The molecule has 1 saturated carbocycles. The summed E-state index contributed by atoms with van der Waals surface area (Å²) in [6, 6.07) is 0.754. The van der Waals surface area contributed by atoms with E-state index in [4.69, 9.17) is 0 Å². The van der Waals surface area contributed by atoms with Gasteiger partial charge in [0.25, 0.3) is 0 Å². The molecule has 7 atom stereocenters. The van der Waals surface area contributed by atoms with Crippen molar-refractivity contribution in [2.45, 2.75) is 106 Å². The molecule has 6 unspecified atom stereocenters. The monoisotopic (exact) mass is 444 g/mol. The lowest BCUT2D eigenvalue weighted by molar-refractivity contribution is -0.118. The highest BCUT2D eigenvalue weighted by Gasteiger charge is 2.58. The van der Waals surface area contributed by atoms with Gasteiger partial charge in [-0.1, -0.05) is 66.5 Å². The summed E-state index contributed by atoms with van der Waals surface area (Å²) in [5.74, 6) is 4.75. The minimum Gasteiger partial charge on any atom is -0.311 e. The second-order valence-corrected chi connectivity index (χ2v) is 13.2. The molecule has 32 heavy (non-hydrogen) atoms. The maximum absolute atomic E-state index is 4.54. The lowest BCUT2D eigenvalue weighted by Gasteiger charge is -2.62. The van der Waals surface area contributed by atoms with Crippen LogP contribution in [0.2, 0.25) is 0 Å². The fraction of sp³-hybridized carbons (Fsp3) is 0.933. The van der Waals surface area contributed by atoms with Crippen molar-refractivity contribution in [3.8, 4) is 0 Å². The predicted octanol–water partition coefficient (Wildman–Crippen LogP) is 7.40. The van der Waals surface area contributed by atoms with Crippen molar-refractivity contribution in [1.29, 1.82) is 0 Å². The van der Waals surface area contributed by atoms with Gasteiger partial charge in [0, 0.05) is 19.1 Å². The highest BCUT2D eigenvalue weighted by Crippen LogP contribution is 2.65. The molecular weight excluding hydrogens is 388 g/mol. The van der Waals surface area contributed by atoms with Gasteiger partial charge in [0.2, 0.25) is 0 Å². The lowest BCUT2D eigenvalue weighted by Crippen LogP contribution is -2.56. The van der Waals surface area contributed by atoms with E-state index in [9.17, 15) is 0 Å². The normalized spacial score (nSPS) is 39.5. The van der Waals surface area contributed by atoms with E-state index in [1.54, 1.807) is 0 Å². The van der Waals surface area contributed by atoms with E-state index in [2.05, 4.69) is 72.3 Å². The van der Waals surface area contributed by atoms with Crippen LogP contribution in [-0.2, 0) is 0 Å². The van der Waals surface area contributed by atoms with Crippen molar-refractivity contribution in [3.05, 3.63) is 12.2 Å². The molecule has 0 bridgehead atoms. The Morgan fingerprint density at radius 3 is 2.34 bits per heavy atom. The first-order valence-corrected chi connectivity index (χ1v) is 14.1. The minimum atomic E-state index is 0.413. The van der Waals surface area contributed by atoms with Crippen molar-refractivity contribution < 1.29 is 0 Å². The van der Waals surface area contributed by atoms with Crippen molar-refractivity contribution in [2.24, 2.45) is 46.3 Å². The Balaban J connectivity index is 2.09. The van der Waals surface area contributed by atoms with Crippen LogP contribution in [0.3, 0.4) is 0 Å². The summed E-state index contributed by atoms with van der Waals surface area (Å²) in [6.07, 6.45) is 11.0. The average molecular weight is 445 g/mol. The van der Waals surface area contributed by atoms with E-state index in [1.807, 2.05) is 0 Å². The Morgan fingerprint density at radius 2 is 1.88 bits per heavy atom. The molecule has 2 heterocycles. The molecule has 1 aliphatic carbocycles. The number of rotatable bonds is 8. The van der Waals surface area contributed by atoms with Gasteiger partial charge in [-0.3, -0.25) is 0 Å². The molecule has 1 N–H and O–H groups in total. The van der Waals surface area contributed by atoms with Gasteiger partial charge >= 0.3 is 0 Å². The summed E-state index contributed by atoms with van der Waals surface area (Å²) in [7, 11) is 2.38. The summed E-state index contributed by atoms with van der Waals surface area (Å²) in [5.41, 5.74) is 2.32. The molecule has 2 aliphatic heterocycles. The molecule has 0 radical (unpaired) electrons. The van der Waals surface area contributed by atoms with Gasteiger partial charge in [-0.25, -0.2) is 0 Å². The third kappa shape index (κ3) is 5.32. The van der Waals surface area contributed by atoms with Crippen LogP contribution in [0.1, 0.15) is 99.8 Å². The van der Waals surface area contributed by atoms with Crippen LogP contribution < -0.4 is 5.32 Å². The maximum Gasteiger partial charge on any atom is 0.0233 e. The predicted molar refractivity (Wildman–Crippen MR) is 141 cm³/mol. The van der Waals surface area contributed by atoms with Crippen molar-refractivity contribution in [1.82, 2.24) is 10.2 Å². The Kier molecular flexibility index (Phi) is 8.63. The largest absolute Gasteiger partial charge is 0.311 e. The zero-order valence-corrected chi connectivity index (χ0v) is 23.0. The van der Waals surface area contributed by atoms with E-state index < -0.39 is 0 Å². The first-order chi connectivity index (χ1) is 15.1. The average Bonchev–Trinajstić information content (AvgIpc) is 3.50. The highest BCUT2D eigenvalue weighted by molar-refractivity contribution is 5.16. The Morgan fingerprint density at radius 1 is 1.19 bits per heavy atom. The molecule has 0 spiro atoms. The summed E-state index contributed by atoms with van der Waals surface area (Å²) >= 11 is 0. The first-order valence-electron chi connectivity index (χ1n) is 14.1. The van der Waals surface area contributed by atoms with Gasteiger partial charge in [-0.15, -0.1) is 0 Å². The molecule has 0 aromatic rings. The van der Waals surface area contributed by atoms with E-state index in [0.29, 0.717) is 10.8 Å². The molecule has 186 valence electrons. The zero-order valence-electron chi connectivity index (χ0n) is 23.0. The minimum absolute atomic E-state index is 0.413. The van der Waals surface area contributed by atoms with Crippen LogP contribution in [0.15, 0.2) is 12.2 Å². The van der Waals surface area contributed by atoms with Gasteiger partial charge < -0.3 is 10.2 Å². The van der Waals surface area contributed by atoms with Crippen LogP contribution in [-0.4, -0.2) is 37.6 Å². The fourth-order valence-corrected chi connectivity index (χ4v) is 8.34. The molecular formula is C30H56N2. The van der Waals surface area contributed by atoms with Crippen molar-refractivity contribution in [3.63, 3.8) is 0 Å². The molecule has 2 saturated heterocycles. The third-order valence-electron chi connectivity index (χ3n) is 10.5. The van der Waals surface area contributed by atoms with E-state index in [1.165, 1.54) is 76.6 Å². The van der Waals surface area contributed by atoms with Gasteiger partial charge in [-0.2, -0.15) is 0 Å².